The van der Waals surface area contributed by atoms with Crippen LogP contribution in [0.4, 0.5) is 11.5 Å². The van der Waals surface area contributed by atoms with Crippen LogP contribution in [0.15, 0.2) is 67.8 Å². The molecule has 0 spiro atoms. The molecule has 1 aromatic carbocycles. The van der Waals surface area contributed by atoms with Gasteiger partial charge in [0, 0.05) is 60.0 Å². The first-order chi connectivity index (χ1) is 17.1. The number of piperidine rings is 1. The molecular weight excluding hydrogens is 442 g/mol. The predicted molar refractivity (Wildman–Crippen MR) is 134 cm³/mol. The molecule has 1 amide bonds. The number of rotatable bonds is 6. The second-order valence-corrected chi connectivity index (χ2v) is 9.17. The molecule has 4 aromatic rings. The van der Waals surface area contributed by atoms with Gasteiger partial charge in [0.15, 0.2) is 11.5 Å². The van der Waals surface area contributed by atoms with E-state index in [1.54, 1.807) is 13.4 Å². The maximum absolute atomic E-state index is 12.3. The number of ether oxygens (including phenoxy) is 2. The van der Waals surface area contributed by atoms with Gasteiger partial charge in [0.2, 0.25) is 5.91 Å². The van der Waals surface area contributed by atoms with Gasteiger partial charge in [-0.2, -0.15) is 0 Å². The molecule has 8 heteroatoms. The van der Waals surface area contributed by atoms with Crippen LogP contribution < -0.4 is 14.8 Å². The lowest BCUT2D eigenvalue weighted by molar-refractivity contribution is -0.131. The molecular formula is C27H27N5O3. The van der Waals surface area contributed by atoms with E-state index in [0.717, 1.165) is 47.8 Å². The number of fused-ring (bicyclic) bond motifs is 4. The zero-order valence-electron chi connectivity index (χ0n) is 19.6. The summed E-state index contributed by atoms with van der Waals surface area (Å²) in [5, 5.41) is 4.28. The fourth-order valence-corrected chi connectivity index (χ4v) is 5.53. The fraction of sp³-hybridized carbons (Fsp3) is 0.296. The Labute approximate surface area is 203 Å². The van der Waals surface area contributed by atoms with Crippen LogP contribution in [0.3, 0.4) is 0 Å². The first-order valence-corrected chi connectivity index (χ1v) is 11.9. The third kappa shape index (κ3) is 3.84. The van der Waals surface area contributed by atoms with Crippen molar-refractivity contribution in [2.45, 2.75) is 43.9 Å². The number of carbonyl (C=O) groups is 1. The number of amides is 1. The number of carbonyl (C=O) groups excluding carboxylic acids is 1. The lowest BCUT2D eigenvalue weighted by Crippen LogP contribution is -2.48. The van der Waals surface area contributed by atoms with Gasteiger partial charge < -0.3 is 24.1 Å². The van der Waals surface area contributed by atoms with Gasteiger partial charge in [-0.3, -0.25) is 4.79 Å². The summed E-state index contributed by atoms with van der Waals surface area (Å²) in [5.74, 6) is 2.01. The molecule has 1 N–H and O–H groups in total. The Bertz CT molecular complexity index is 1420. The largest absolute Gasteiger partial charge is 0.493 e. The number of hydrogen-bond acceptors (Lipinski definition) is 6. The van der Waals surface area contributed by atoms with E-state index in [-0.39, 0.29) is 24.1 Å². The first-order valence-electron chi connectivity index (χ1n) is 11.9. The Kier molecular flexibility index (Phi) is 5.28. The third-order valence-electron chi connectivity index (χ3n) is 7.13. The van der Waals surface area contributed by atoms with E-state index in [2.05, 4.69) is 38.4 Å². The molecule has 2 aliphatic heterocycles. The second-order valence-electron chi connectivity index (χ2n) is 9.17. The number of nitrogens with zero attached hydrogens (tertiary/aromatic N) is 4. The Morgan fingerprint density at radius 2 is 1.94 bits per heavy atom. The third-order valence-corrected chi connectivity index (χ3v) is 7.13. The minimum atomic E-state index is 0.00512. The standard InChI is InChI=1S/C27H27N5O3/c1-3-26(33)32-19-6-7-20(32)13-21(12-19)35-25-14-22-23(15-24(25)34-2)28-16-29-27(22)30-17-8-10-31-9-4-5-18(31)11-17/h3-5,8-11,14-16,19-21H,1,6-7,12-13H2,2H3,(H,28,29,30)/t19-,20+,21-. The Morgan fingerprint density at radius 1 is 1.11 bits per heavy atom. The highest BCUT2D eigenvalue weighted by Crippen LogP contribution is 2.40. The van der Waals surface area contributed by atoms with Crippen molar-refractivity contribution in [1.82, 2.24) is 19.3 Å². The van der Waals surface area contributed by atoms with Crippen molar-refractivity contribution in [3.63, 3.8) is 0 Å². The number of methoxy groups -OCH3 is 1. The molecule has 0 radical (unpaired) electrons. The highest BCUT2D eigenvalue weighted by Gasteiger charge is 2.43. The van der Waals surface area contributed by atoms with Crippen LogP contribution in [0.1, 0.15) is 25.7 Å². The van der Waals surface area contributed by atoms with Crippen LogP contribution >= 0.6 is 0 Å². The Hall–Kier alpha value is -4.07. The highest BCUT2D eigenvalue weighted by molar-refractivity contribution is 5.93. The molecule has 0 unspecified atom stereocenters. The average molecular weight is 470 g/mol. The van der Waals surface area contributed by atoms with Gasteiger partial charge in [-0.1, -0.05) is 6.58 Å². The summed E-state index contributed by atoms with van der Waals surface area (Å²) in [5.41, 5.74) is 2.79. The molecule has 178 valence electrons. The first kappa shape index (κ1) is 21.5. The molecule has 0 aliphatic carbocycles. The molecule has 6 rings (SSSR count). The van der Waals surface area contributed by atoms with Crippen LogP contribution in [0.5, 0.6) is 11.5 Å². The summed E-state index contributed by atoms with van der Waals surface area (Å²) in [6.07, 6.45) is 10.6. The quantitative estimate of drug-likeness (QED) is 0.412. The van der Waals surface area contributed by atoms with Gasteiger partial charge >= 0.3 is 0 Å². The van der Waals surface area contributed by atoms with Crippen LogP contribution in [0.25, 0.3) is 16.4 Å². The summed E-state index contributed by atoms with van der Waals surface area (Å²) >= 11 is 0. The van der Waals surface area contributed by atoms with Crippen molar-refractivity contribution in [2.24, 2.45) is 0 Å². The molecule has 35 heavy (non-hydrogen) atoms. The molecule has 2 saturated heterocycles. The molecule has 2 fully saturated rings. The van der Waals surface area contributed by atoms with Crippen molar-refractivity contribution in [1.29, 1.82) is 0 Å². The van der Waals surface area contributed by atoms with Crippen LogP contribution in [0.2, 0.25) is 0 Å². The van der Waals surface area contributed by atoms with Crippen molar-refractivity contribution in [2.75, 3.05) is 12.4 Å². The maximum atomic E-state index is 12.3. The van der Waals surface area contributed by atoms with E-state index in [0.29, 0.717) is 17.3 Å². The van der Waals surface area contributed by atoms with Gasteiger partial charge in [0.05, 0.1) is 12.6 Å². The summed E-state index contributed by atoms with van der Waals surface area (Å²) in [4.78, 5) is 23.3. The molecule has 3 aromatic heterocycles. The number of hydrogen-bond donors (Lipinski definition) is 1. The normalized spacial score (nSPS) is 21.3. The maximum Gasteiger partial charge on any atom is 0.246 e. The lowest BCUT2D eigenvalue weighted by Gasteiger charge is -2.38. The van der Waals surface area contributed by atoms with E-state index >= 15 is 0 Å². The van der Waals surface area contributed by atoms with Gasteiger partial charge in [-0.05, 0) is 49.2 Å². The minimum absolute atomic E-state index is 0.00512. The zero-order chi connectivity index (χ0) is 23.9. The summed E-state index contributed by atoms with van der Waals surface area (Å²) < 4.78 is 14.2. The molecule has 2 bridgehead atoms. The summed E-state index contributed by atoms with van der Waals surface area (Å²) in [6.45, 7) is 3.66. The minimum Gasteiger partial charge on any atom is -0.493 e. The SMILES string of the molecule is C=CC(=O)N1[C@@H]2CC[C@H]1C[C@H](Oc1cc3c(Nc4ccn5cccc5c4)ncnc3cc1OC)C2. The van der Waals surface area contributed by atoms with Crippen molar-refractivity contribution < 1.29 is 14.3 Å². The summed E-state index contributed by atoms with van der Waals surface area (Å²) in [7, 11) is 1.64. The molecule has 0 saturated carbocycles. The second kappa shape index (κ2) is 8.61. The molecule has 3 atom stereocenters. The molecule has 8 nitrogen and oxygen atoms in total. The van der Waals surface area contributed by atoms with Gasteiger partial charge in [0.1, 0.15) is 18.2 Å². The van der Waals surface area contributed by atoms with Gasteiger partial charge in [0.25, 0.3) is 0 Å². The Balaban J connectivity index is 1.30. The number of pyridine rings is 1. The van der Waals surface area contributed by atoms with Crippen LogP contribution in [0, 0.1) is 0 Å². The van der Waals surface area contributed by atoms with E-state index in [1.807, 2.05) is 41.6 Å². The number of benzene rings is 1. The van der Waals surface area contributed by atoms with Crippen molar-refractivity contribution >= 4 is 33.8 Å². The number of nitrogens with one attached hydrogen (secondary N) is 1. The van der Waals surface area contributed by atoms with Crippen molar-refractivity contribution in [3.05, 3.63) is 67.8 Å². The van der Waals surface area contributed by atoms with Crippen molar-refractivity contribution in [3.8, 4) is 11.5 Å². The average Bonchev–Trinajstić information content (AvgIpc) is 3.45. The summed E-state index contributed by atoms with van der Waals surface area (Å²) in [6, 6.07) is 12.4. The number of anilines is 2. The smallest absolute Gasteiger partial charge is 0.246 e. The predicted octanol–water partition coefficient (Wildman–Crippen LogP) is 4.72. The van der Waals surface area contributed by atoms with E-state index in [4.69, 9.17) is 9.47 Å². The molecule has 5 heterocycles. The van der Waals surface area contributed by atoms with E-state index in [9.17, 15) is 4.79 Å². The topological polar surface area (TPSA) is 81.0 Å². The molecule has 2 aliphatic rings. The Morgan fingerprint density at radius 3 is 2.71 bits per heavy atom. The zero-order valence-corrected chi connectivity index (χ0v) is 19.6. The van der Waals surface area contributed by atoms with Crippen LogP contribution in [-0.4, -0.2) is 50.5 Å². The highest BCUT2D eigenvalue weighted by atomic mass is 16.5. The van der Waals surface area contributed by atoms with E-state index < -0.39 is 0 Å². The number of aromatic nitrogens is 3. The van der Waals surface area contributed by atoms with E-state index in [1.165, 1.54) is 6.08 Å². The lowest BCUT2D eigenvalue weighted by atomic mass is 9.99. The fourth-order valence-electron chi connectivity index (χ4n) is 5.53. The van der Waals surface area contributed by atoms with Gasteiger partial charge in [-0.25, -0.2) is 9.97 Å². The van der Waals surface area contributed by atoms with Crippen LogP contribution in [-0.2, 0) is 4.79 Å². The monoisotopic (exact) mass is 469 g/mol. The van der Waals surface area contributed by atoms with Gasteiger partial charge in [-0.15, -0.1) is 0 Å².